The van der Waals surface area contributed by atoms with E-state index in [1.807, 2.05) is 24.3 Å². The number of alkyl halides is 3. The van der Waals surface area contributed by atoms with Crippen LogP contribution in [0.3, 0.4) is 0 Å². The summed E-state index contributed by atoms with van der Waals surface area (Å²) in [7, 11) is -4.04. The summed E-state index contributed by atoms with van der Waals surface area (Å²) in [6.07, 6.45) is -3.68. The van der Waals surface area contributed by atoms with Gasteiger partial charge < -0.3 is 25.7 Å². The van der Waals surface area contributed by atoms with Gasteiger partial charge in [0.2, 0.25) is 15.9 Å². The van der Waals surface area contributed by atoms with E-state index < -0.39 is 39.8 Å². The molecule has 0 radical (unpaired) electrons. The van der Waals surface area contributed by atoms with Crippen molar-refractivity contribution < 1.29 is 46.2 Å². The van der Waals surface area contributed by atoms with Crippen LogP contribution in [0.15, 0.2) is 97.1 Å². The highest BCUT2D eigenvalue weighted by Gasteiger charge is 2.31. The molecule has 0 aliphatic carbocycles. The third-order valence-electron chi connectivity index (χ3n) is 8.34. The average molecular weight is 766 g/mol. The summed E-state index contributed by atoms with van der Waals surface area (Å²) in [5.41, 5.74) is 1.08. The first-order valence-electron chi connectivity index (χ1n) is 16.6. The van der Waals surface area contributed by atoms with Gasteiger partial charge in [-0.1, -0.05) is 54.6 Å². The number of benzene rings is 4. The van der Waals surface area contributed by atoms with Crippen LogP contribution in [-0.4, -0.2) is 68.4 Å². The Kier molecular flexibility index (Phi) is 13.9. The molecule has 4 aromatic rings. The molecule has 0 unspecified atom stereocenters. The predicted octanol–water partition coefficient (Wildman–Crippen LogP) is 4.99. The SMILES string of the molecule is CS(=O)(=O)N(c1cccc(C#N)c1)c1cc(C(=O)N[C@@H](Cc2ccccc2)[C@H](O)CNCc2cccc(C(F)(F)F)c2)cc(N2CCCC2=O)c1.O=CO. The summed E-state index contributed by atoms with van der Waals surface area (Å²) < 4.78 is 67.0. The highest BCUT2D eigenvalue weighted by atomic mass is 32.2. The van der Waals surface area contributed by atoms with Gasteiger partial charge in [-0.15, -0.1) is 0 Å². The van der Waals surface area contributed by atoms with Crippen LogP contribution in [0.5, 0.6) is 0 Å². The van der Waals surface area contributed by atoms with Gasteiger partial charge in [0.05, 0.1) is 47.0 Å². The molecular formula is C38H38F3N5O7S. The first kappa shape index (κ1) is 41.0. The van der Waals surface area contributed by atoms with Gasteiger partial charge in [0.1, 0.15) is 0 Å². The summed E-state index contributed by atoms with van der Waals surface area (Å²) in [5, 5.41) is 33.5. The van der Waals surface area contributed by atoms with Crippen LogP contribution in [0.25, 0.3) is 0 Å². The number of amides is 2. The standard InChI is InChI=1S/C37H36F3N5O5S.CH2O2/c1-51(49,50)45(30-13-6-10-26(17-30)22-41)32-20-28(19-31(21-32)44-15-7-14-35(44)47)36(48)43-33(18-25-8-3-2-4-9-25)34(46)24-42-23-27-11-5-12-29(16-27)37(38,39)40;2-1-3/h2-6,8-13,16-17,19-21,33-34,42,46H,7,14-15,18,23-24H2,1H3,(H,43,48);1H,(H,2,3)/t33-,34+;/m0./s1. The minimum atomic E-state index is -4.50. The molecule has 16 heteroatoms. The third-order valence-corrected chi connectivity index (χ3v) is 9.43. The van der Waals surface area contributed by atoms with Gasteiger partial charge in [-0.2, -0.15) is 18.4 Å². The van der Waals surface area contributed by atoms with E-state index >= 15 is 0 Å². The second-order valence-electron chi connectivity index (χ2n) is 12.3. The van der Waals surface area contributed by atoms with Gasteiger partial charge in [-0.05, 0) is 66.4 Å². The van der Waals surface area contributed by atoms with Gasteiger partial charge in [-0.3, -0.25) is 14.4 Å². The number of sulfonamides is 1. The van der Waals surface area contributed by atoms with Gasteiger partial charge in [0, 0.05) is 37.3 Å². The van der Waals surface area contributed by atoms with Crippen LogP contribution in [0.2, 0.25) is 0 Å². The Morgan fingerprint density at radius 1 is 1.00 bits per heavy atom. The van der Waals surface area contributed by atoms with Gasteiger partial charge >= 0.3 is 6.18 Å². The Morgan fingerprint density at radius 2 is 1.69 bits per heavy atom. The van der Waals surface area contributed by atoms with Crippen LogP contribution in [-0.2, 0) is 38.8 Å². The molecule has 1 aliphatic rings. The Hall–Kier alpha value is -5.76. The number of carbonyl (C=O) groups excluding carboxylic acids is 2. The van der Waals surface area contributed by atoms with Crippen molar-refractivity contribution in [2.75, 3.05) is 28.6 Å². The number of aliphatic hydroxyl groups is 1. The van der Waals surface area contributed by atoms with E-state index in [2.05, 4.69) is 10.6 Å². The zero-order valence-electron chi connectivity index (χ0n) is 29.0. The molecule has 0 saturated carbocycles. The molecule has 4 N–H and O–H groups in total. The quantitative estimate of drug-likeness (QED) is 0.136. The van der Waals surface area contributed by atoms with Gasteiger partial charge in [0.25, 0.3) is 12.4 Å². The fourth-order valence-corrected chi connectivity index (χ4v) is 6.91. The Bertz CT molecular complexity index is 2090. The molecule has 1 aliphatic heterocycles. The van der Waals surface area contributed by atoms with Crippen molar-refractivity contribution in [3.8, 4) is 6.07 Å². The Labute approximate surface area is 310 Å². The van der Waals surface area contributed by atoms with E-state index in [1.165, 1.54) is 59.5 Å². The Balaban J connectivity index is 0.00000209. The summed E-state index contributed by atoms with van der Waals surface area (Å²) in [6.45, 7) is 0.0499. The molecule has 1 heterocycles. The number of carboxylic acid groups (broad SMARTS) is 1. The van der Waals surface area contributed by atoms with Crippen LogP contribution in [0, 0.1) is 11.3 Å². The second kappa shape index (κ2) is 18.3. The highest BCUT2D eigenvalue weighted by molar-refractivity contribution is 7.92. The Morgan fingerprint density at radius 3 is 2.31 bits per heavy atom. The molecule has 2 amide bonds. The molecule has 2 atom stereocenters. The first-order chi connectivity index (χ1) is 25.6. The van der Waals surface area contributed by atoms with E-state index in [9.17, 15) is 41.5 Å². The first-order valence-corrected chi connectivity index (χ1v) is 18.4. The molecule has 5 rings (SSSR count). The fourth-order valence-electron chi connectivity index (χ4n) is 5.92. The van der Waals surface area contributed by atoms with Gasteiger partial charge in [0.15, 0.2) is 0 Å². The lowest BCUT2D eigenvalue weighted by molar-refractivity contribution is -0.137. The number of hydrogen-bond acceptors (Lipinski definition) is 8. The van der Waals surface area contributed by atoms with Crippen LogP contribution in [0.1, 0.15) is 45.5 Å². The molecular weight excluding hydrogens is 728 g/mol. The lowest BCUT2D eigenvalue weighted by Crippen LogP contribution is -2.48. The van der Waals surface area contributed by atoms with Crippen LogP contribution >= 0.6 is 0 Å². The van der Waals surface area contributed by atoms with Gasteiger partial charge in [-0.25, -0.2) is 12.7 Å². The lowest BCUT2D eigenvalue weighted by atomic mass is 10.00. The number of nitrogens with one attached hydrogen (secondary N) is 2. The largest absolute Gasteiger partial charge is 0.483 e. The molecule has 1 fully saturated rings. The molecule has 0 bridgehead atoms. The number of nitriles is 1. The smallest absolute Gasteiger partial charge is 0.416 e. The van der Waals surface area contributed by atoms with Crippen molar-refractivity contribution in [3.05, 3.63) is 125 Å². The highest BCUT2D eigenvalue weighted by Crippen LogP contribution is 2.35. The topological polar surface area (TPSA) is 180 Å². The number of hydrogen-bond donors (Lipinski definition) is 4. The molecule has 284 valence electrons. The fraction of sp³-hybridized carbons (Fsp3) is 0.263. The van der Waals surface area contributed by atoms with E-state index in [0.717, 1.165) is 28.3 Å². The number of aliphatic hydroxyl groups excluding tert-OH is 1. The number of carbonyl (C=O) groups is 3. The summed E-state index contributed by atoms with van der Waals surface area (Å²) >= 11 is 0. The maximum atomic E-state index is 14.0. The number of anilines is 3. The van der Waals surface area contributed by atoms with Crippen molar-refractivity contribution in [2.45, 2.75) is 44.1 Å². The minimum absolute atomic E-state index is 0.00877. The van der Waals surface area contributed by atoms with E-state index in [-0.39, 0.29) is 60.8 Å². The minimum Gasteiger partial charge on any atom is -0.483 e. The summed E-state index contributed by atoms with van der Waals surface area (Å²) in [6, 6.07) is 25.3. The zero-order chi connectivity index (χ0) is 39.5. The molecule has 54 heavy (non-hydrogen) atoms. The summed E-state index contributed by atoms with van der Waals surface area (Å²) in [5.74, 6) is -0.859. The second-order valence-corrected chi connectivity index (χ2v) is 14.2. The van der Waals surface area contributed by atoms with Crippen molar-refractivity contribution in [2.24, 2.45) is 0 Å². The molecule has 4 aromatic carbocycles. The number of rotatable bonds is 13. The van der Waals surface area contributed by atoms with E-state index in [0.29, 0.717) is 24.2 Å². The van der Waals surface area contributed by atoms with E-state index in [1.54, 1.807) is 12.1 Å². The average Bonchev–Trinajstić information content (AvgIpc) is 3.57. The maximum Gasteiger partial charge on any atom is 0.416 e. The lowest BCUT2D eigenvalue weighted by Gasteiger charge is -2.27. The van der Waals surface area contributed by atoms with Crippen molar-refractivity contribution in [1.29, 1.82) is 5.26 Å². The van der Waals surface area contributed by atoms with Crippen molar-refractivity contribution >= 4 is 45.4 Å². The summed E-state index contributed by atoms with van der Waals surface area (Å²) in [4.78, 5) is 36.6. The molecule has 0 aromatic heterocycles. The van der Waals surface area contributed by atoms with Crippen molar-refractivity contribution in [3.63, 3.8) is 0 Å². The predicted molar refractivity (Wildman–Crippen MR) is 195 cm³/mol. The number of halogens is 3. The van der Waals surface area contributed by atoms with E-state index in [4.69, 9.17) is 9.90 Å². The monoisotopic (exact) mass is 765 g/mol. The molecule has 0 spiro atoms. The molecule has 1 saturated heterocycles. The van der Waals surface area contributed by atoms with Crippen LogP contribution < -0.4 is 19.8 Å². The maximum absolute atomic E-state index is 14.0. The number of nitrogens with zero attached hydrogens (tertiary/aromatic N) is 3. The van der Waals surface area contributed by atoms with Crippen LogP contribution in [0.4, 0.5) is 30.2 Å². The molecule has 12 nitrogen and oxygen atoms in total. The zero-order valence-corrected chi connectivity index (χ0v) is 29.8. The van der Waals surface area contributed by atoms with Crippen molar-refractivity contribution in [1.82, 2.24) is 10.6 Å². The normalized spacial score (nSPS) is 13.9. The third kappa shape index (κ3) is 11.1.